The Morgan fingerprint density at radius 2 is 1.74 bits per heavy atom. The molecule has 2 aromatic carbocycles. The van der Waals surface area contributed by atoms with Gasteiger partial charge in [0.05, 0.1) is 10.6 Å². The number of benzene rings is 2. The summed E-state index contributed by atoms with van der Waals surface area (Å²) < 4.78 is 0. The van der Waals surface area contributed by atoms with Crippen LogP contribution in [0.2, 0.25) is 5.02 Å². The summed E-state index contributed by atoms with van der Waals surface area (Å²) in [5.74, 6) is -0.829. The molecule has 96 valence electrons. The Bertz CT molecular complexity index is 630. The first-order valence-electron chi connectivity index (χ1n) is 5.56. The Morgan fingerprint density at radius 3 is 2.32 bits per heavy atom. The van der Waals surface area contributed by atoms with Crippen molar-refractivity contribution in [2.24, 2.45) is 0 Å². The van der Waals surface area contributed by atoms with Gasteiger partial charge in [-0.3, -0.25) is 0 Å². The van der Waals surface area contributed by atoms with E-state index in [9.17, 15) is 9.90 Å². The smallest absolute Gasteiger partial charge is 0.335 e. The average molecular weight is 275 g/mol. The van der Waals surface area contributed by atoms with Gasteiger partial charge >= 0.3 is 5.97 Å². The number of hydrogen-bond acceptors (Lipinski definition) is 2. The Hall–Kier alpha value is -2.26. The van der Waals surface area contributed by atoms with E-state index in [1.54, 1.807) is 42.5 Å². The first-order valence-corrected chi connectivity index (χ1v) is 5.94. The summed E-state index contributed by atoms with van der Waals surface area (Å²) in [6.07, 6.45) is 3.63. The molecule has 2 aromatic rings. The lowest BCUT2D eigenvalue weighted by Gasteiger charge is -1.99. The molecule has 0 atom stereocenters. The fourth-order valence-electron chi connectivity index (χ4n) is 1.57. The van der Waals surface area contributed by atoms with Gasteiger partial charge in [-0.15, -0.1) is 0 Å². The van der Waals surface area contributed by atoms with Crippen molar-refractivity contribution in [3.05, 3.63) is 64.2 Å². The highest BCUT2D eigenvalue weighted by Gasteiger charge is 2.01. The van der Waals surface area contributed by atoms with Gasteiger partial charge in [0.1, 0.15) is 5.75 Å². The summed E-state index contributed by atoms with van der Waals surface area (Å²) in [4.78, 5) is 10.7. The quantitative estimate of drug-likeness (QED) is 0.834. The van der Waals surface area contributed by atoms with Gasteiger partial charge in [-0.2, -0.15) is 0 Å². The second-order valence-corrected chi connectivity index (χ2v) is 4.37. The van der Waals surface area contributed by atoms with Crippen LogP contribution in [-0.2, 0) is 0 Å². The Labute approximate surface area is 115 Å². The third-order valence-corrected chi connectivity index (χ3v) is 2.92. The molecule has 0 bridgehead atoms. The predicted molar refractivity (Wildman–Crippen MR) is 75.4 cm³/mol. The molecular formula is C15H11ClO3. The van der Waals surface area contributed by atoms with Crippen LogP contribution in [0.3, 0.4) is 0 Å². The third-order valence-electron chi connectivity index (χ3n) is 2.60. The minimum absolute atomic E-state index is 0.118. The molecule has 0 heterocycles. The Kier molecular flexibility index (Phi) is 3.88. The summed E-state index contributed by atoms with van der Waals surface area (Å²) in [7, 11) is 0. The van der Waals surface area contributed by atoms with E-state index in [2.05, 4.69) is 0 Å². The zero-order chi connectivity index (χ0) is 13.8. The molecule has 2 N–H and O–H groups in total. The molecule has 2 rings (SSSR count). The van der Waals surface area contributed by atoms with Gasteiger partial charge in [0, 0.05) is 0 Å². The van der Waals surface area contributed by atoms with Crippen LogP contribution >= 0.6 is 11.6 Å². The number of carboxylic acid groups (broad SMARTS) is 1. The van der Waals surface area contributed by atoms with Crippen LogP contribution < -0.4 is 0 Å². The first kappa shape index (κ1) is 13.2. The summed E-state index contributed by atoms with van der Waals surface area (Å²) in [6.45, 7) is 0. The number of carbonyl (C=O) groups is 1. The number of hydrogen-bond donors (Lipinski definition) is 2. The maximum Gasteiger partial charge on any atom is 0.335 e. The van der Waals surface area contributed by atoms with Crippen LogP contribution in [0, 0.1) is 0 Å². The highest BCUT2D eigenvalue weighted by molar-refractivity contribution is 6.32. The van der Waals surface area contributed by atoms with E-state index in [0.29, 0.717) is 5.02 Å². The number of halogens is 1. The maximum atomic E-state index is 10.7. The molecule has 0 fully saturated rings. The maximum absolute atomic E-state index is 10.7. The van der Waals surface area contributed by atoms with E-state index in [1.165, 1.54) is 6.07 Å². The lowest BCUT2D eigenvalue weighted by atomic mass is 10.1. The lowest BCUT2D eigenvalue weighted by molar-refractivity contribution is 0.0697. The van der Waals surface area contributed by atoms with Crippen LogP contribution in [-0.4, -0.2) is 16.2 Å². The van der Waals surface area contributed by atoms with Gasteiger partial charge in [0.15, 0.2) is 0 Å². The normalized spacial score (nSPS) is 10.8. The molecule has 0 aromatic heterocycles. The molecule has 0 saturated heterocycles. The first-order chi connectivity index (χ1) is 9.06. The van der Waals surface area contributed by atoms with Crippen molar-refractivity contribution in [1.29, 1.82) is 0 Å². The molecule has 4 heteroatoms. The lowest BCUT2D eigenvalue weighted by Crippen LogP contribution is -1.94. The van der Waals surface area contributed by atoms with Gasteiger partial charge < -0.3 is 10.2 Å². The van der Waals surface area contributed by atoms with Gasteiger partial charge in [-0.1, -0.05) is 35.9 Å². The van der Waals surface area contributed by atoms with E-state index in [-0.39, 0.29) is 11.3 Å². The largest absolute Gasteiger partial charge is 0.508 e. The zero-order valence-electron chi connectivity index (χ0n) is 9.88. The molecule has 0 radical (unpaired) electrons. The number of rotatable bonds is 3. The van der Waals surface area contributed by atoms with Crippen molar-refractivity contribution in [1.82, 2.24) is 0 Å². The molecule has 3 nitrogen and oxygen atoms in total. The van der Waals surface area contributed by atoms with E-state index in [0.717, 1.165) is 11.1 Å². The SMILES string of the molecule is O=C(O)c1ccc(/C=C/c2ccc(O)cc2Cl)cc1. The van der Waals surface area contributed by atoms with Crippen molar-refractivity contribution in [2.75, 3.05) is 0 Å². The van der Waals surface area contributed by atoms with Crippen LogP contribution in [0.15, 0.2) is 42.5 Å². The van der Waals surface area contributed by atoms with E-state index in [1.807, 2.05) is 6.08 Å². The second kappa shape index (κ2) is 5.59. The molecule has 0 aliphatic rings. The summed E-state index contributed by atoms with van der Waals surface area (Å²) in [5, 5.41) is 18.5. The molecule has 0 amide bonds. The van der Waals surface area contributed by atoms with Crippen molar-refractivity contribution < 1.29 is 15.0 Å². The highest BCUT2D eigenvalue weighted by atomic mass is 35.5. The van der Waals surface area contributed by atoms with Gasteiger partial charge in [-0.25, -0.2) is 4.79 Å². The topological polar surface area (TPSA) is 57.5 Å². The average Bonchev–Trinajstić information content (AvgIpc) is 2.38. The van der Waals surface area contributed by atoms with Crippen LogP contribution in [0.1, 0.15) is 21.5 Å². The van der Waals surface area contributed by atoms with Crippen molar-refractivity contribution in [3.8, 4) is 5.75 Å². The number of phenolic OH excluding ortho intramolecular Hbond substituents is 1. The molecular weight excluding hydrogens is 264 g/mol. The number of aromatic hydroxyl groups is 1. The summed E-state index contributed by atoms with van der Waals surface area (Å²) in [6, 6.07) is 11.2. The predicted octanol–water partition coefficient (Wildman–Crippen LogP) is 3.91. The second-order valence-electron chi connectivity index (χ2n) is 3.97. The van der Waals surface area contributed by atoms with Gasteiger partial charge in [0.2, 0.25) is 0 Å². The number of carboxylic acids is 1. The molecule has 19 heavy (non-hydrogen) atoms. The van der Waals surface area contributed by atoms with Crippen LogP contribution in [0.25, 0.3) is 12.2 Å². The molecule has 0 spiro atoms. The zero-order valence-corrected chi connectivity index (χ0v) is 10.6. The molecule has 0 aliphatic heterocycles. The molecule has 0 aliphatic carbocycles. The third kappa shape index (κ3) is 3.36. The minimum atomic E-state index is -0.947. The van der Waals surface area contributed by atoms with E-state index in [4.69, 9.17) is 16.7 Å². The van der Waals surface area contributed by atoms with Crippen molar-refractivity contribution in [3.63, 3.8) is 0 Å². The fraction of sp³-hybridized carbons (Fsp3) is 0. The van der Waals surface area contributed by atoms with Crippen molar-refractivity contribution >= 4 is 29.7 Å². The van der Waals surface area contributed by atoms with E-state index >= 15 is 0 Å². The monoisotopic (exact) mass is 274 g/mol. The fourth-order valence-corrected chi connectivity index (χ4v) is 1.81. The van der Waals surface area contributed by atoms with Crippen LogP contribution in [0.4, 0.5) is 0 Å². The van der Waals surface area contributed by atoms with E-state index < -0.39 is 5.97 Å². The standard InChI is InChI=1S/C15H11ClO3/c16-14-9-13(17)8-7-11(14)4-1-10-2-5-12(6-3-10)15(18)19/h1-9,17H,(H,18,19)/b4-1+. The van der Waals surface area contributed by atoms with Gasteiger partial charge in [-0.05, 0) is 41.5 Å². The Morgan fingerprint density at radius 1 is 1.05 bits per heavy atom. The van der Waals surface area contributed by atoms with Crippen molar-refractivity contribution in [2.45, 2.75) is 0 Å². The minimum Gasteiger partial charge on any atom is -0.508 e. The highest BCUT2D eigenvalue weighted by Crippen LogP contribution is 2.23. The van der Waals surface area contributed by atoms with Crippen LogP contribution in [0.5, 0.6) is 5.75 Å². The summed E-state index contributed by atoms with van der Waals surface area (Å²) in [5.41, 5.74) is 1.90. The number of aromatic carboxylic acids is 1. The molecule has 0 unspecified atom stereocenters. The summed E-state index contributed by atoms with van der Waals surface area (Å²) >= 11 is 5.97. The van der Waals surface area contributed by atoms with Gasteiger partial charge in [0.25, 0.3) is 0 Å². The number of phenols is 1. The Balaban J connectivity index is 2.20. The molecule has 0 saturated carbocycles.